The van der Waals surface area contributed by atoms with Crippen LogP contribution in [-0.4, -0.2) is 13.2 Å². The molecular weight excluding hydrogens is 294 g/mol. The molecule has 0 fully saturated rings. The van der Waals surface area contributed by atoms with Crippen LogP contribution >= 0.6 is 0 Å². The quantitative estimate of drug-likeness (QED) is 0.602. The van der Waals surface area contributed by atoms with Gasteiger partial charge in [0.05, 0.1) is 0 Å². The van der Waals surface area contributed by atoms with E-state index in [2.05, 4.69) is 88.5 Å². The molecule has 24 heavy (non-hydrogen) atoms. The highest BCUT2D eigenvalue weighted by molar-refractivity contribution is 5.52. The highest BCUT2D eigenvalue weighted by Gasteiger charge is 2.17. The summed E-state index contributed by atoms with van der Waals surface area (Å²) in [5.41, 5.74) is 4.14. The molecule has 2 aromatic carbocycles. The molecular formula is C22H31NO. The highest BCUT2D eigenvalue weighted by Crippen LogP contribution is 2.28. The number of hydrogen-bond donors (Lipinski definition) is 1. The molecule has 0 saturated carbocycles. The Hall–Kier alpha value is -1.96. The molecule has 0 bridgehead atoms. The number of benzene rings is 2. The molecule has 0 unspecified atom stereocenters. The Kier molecular flexibility index (Phi) is 6.30. The summed E-state index contributed by atoms with van der Waals surface area (Å²) < 4.78 is 5.87. The third kappa shape index (κ3) is 4.77. The fourth-order valence-electron chi connectivity index (χ4n) is 2.72. The summed E-state index contributed by atoms with van der Waals surface area (Å²) in [6.07, 6.45) is 1.13. The standard InChI is InChI=1S/C22H31NO/c1-6-22(4,5)18-11-13-19(14-12-18)24-16-15-23-21-10-8-7-9-20(21)17(2)3/h7-14,17,23H,6,15-16H2,1-5H3. The van der Waals surface area contributed by atoms with Crippen LogP contribution in [0.4, 0.5) is 5.69 Å². The Bertz CT molecular complexity index is 629. The first-order valence-corrected chi connectivity index (χ1v) is 9.00. The molecule has 0 aliphatic heterocycles. The molecule has 1 N–H and O–H groups in total. The van der Waals surface area contributed by atoms with Gasteiger partial charge in [0, 0.05) is 12.2 Å². The zero-order chi connectivity index (χ0) is 17.6. The van der Waals surface area contributed by atoms with Crippen molar-refractivity contribution < 1.29 is 4.74 Å². The van der Waals surface area contributed by atoms with E-state index in [0.29, 0.717) is 12.5 Å². The summed E-state index contributed by atoms with van der Waals surface area (Å²) in [6, 6.07) is 17.0. The second-order valence-electron chi connectivity index (χ2n) is 7.28. The van der Waals surface area contributed by atoms with Crippen LogP contribution in [0.1, 0.15) is 58.1 Å². The zero-order valence-electron chi connectivity index (χ0n) is 15.7. The molecule has 130 valence electrons. The van der Waals surface area contributed by atoms with Crippen molar-refractivity contribution >= 4 is 5.69 Å². The molecule has 0 atom stereocenters. The molecule has 2 heteroatoms. The topological polar surface area (TPSA) is 21.3 Å². The fourth-order valence-corrected chi connectivity index (χ4v) is 2.72. The Balaban J connectivity index is 1.85. The summed E-state index contributed by atoms with van der Waals surface area (Å²) >= 11 is 0. The molecule has 0 radical (unpaired) electrons. The average Bonchev–Trinajstić information content (AvgIpc) is 2.59. The van der Waals surface area contributed by atoms with Crippen LogP contribution < -0.4 is 10.1 Å². The molecule has 2 rings (SSSR count). The van der Waals surface area contributed by atoms with E-state index in [1.807, 2.05) is 0 Å². The minimum atomic E-state index is 0.223. The highest BCUT2D eigenvalue weighted by atomic mass is 16.5. The van der Waals surface area contributed by atoms with Crippen molar-refractivity contribution in [1.82, 2.24) is 0 Å². The van der Waals surface area contributed by atoms with Crippen LogP contribution in [0.2, 0.25) is 0 Å². The number of ether oxygens (including phenoxy) is 1. The first kappa shape index (κ1) is 18.4. The van der Waals surface area contributed by atoms with Gasteiger partial charge in [-0.2, -0.15) is 0 Å². The lowest BCUT2D eigenvalue weighted by atomic mass is 9.82. The second-order valence-corrected chi connectivity index (χ2v) is 7.28. The van der Waals surface area contributed by atoms with E-state index in [9.17, 15) is 0 Å². The maximum absolute atomic E-state index is 5.87. The van der Waals surface area contributed by atoms with Gasteiger partial charge in [0.1, 0.15) is 12.4 Å². The predicted octanol–water partition coefficient (Wildman–Crippen LogP) is 5.99. The lowest BCUT2D eigenvalue weighted by Gasteiger charge is -2.23. The lowest BCUT2D eigenvalue weighted by molar-refractivity contribution is 0.332. The van der Waals surface area contributed by atoms with Crippen molar-refractivity contribution in [2.75, 3.05) is 18.5 Å². The molecule has 0 saturated heterocycles. The normalized spacial score (nSPS) is 11.6. The number of para-hydroxylation sites is 1. The zero-order valence-corrected chi connectivity index (χ0v) is 15.7. The number of nitrogens with one attached hydrogen (secondary N) is 1. The van der Waals surface area contributed by atoms with Gasteiger partial charge < -0.3 is 10.1 Å². The first-order chi connectivity index (χ1) is 11.4. The van der Waals surface area contributed by atoms with E-state index >= 15 is 0 Å². The van der Waals surface area contributed by atoms with Crippen molar-refractivity contribution in [3.05, 3.63) is 59.7 Å². The van der Waals surface area contributed by atoms with Gasteiger partial charge in [0.25, 0.3) is 0 Å². The van der Waals surface area contributed by atoms with E-state index in [-0.39, 0.29) is 5.41 Å². The number of rotatable bonds is 8. The van der Waals surface area contributed by atoms with Crippen molar-refractivity contribution in [2.24, 2.45) is 0 Å². The van der Waals surface area contributed by atoms with Gasteiger partial charge in [0.15, 0.2) is 0 Å². The second kappa shape index (κ2) is 8.23. The number of hydrogen-bond acceptors (Lipinski definition) is 2. The van der Waals surface area contributed by atoms with E-state index < -0.39 is 0 Å². The Labute approximate surface area is 147 Å². The largest absolute Gasteiger partial charge is 0.492 e. The monoisotopic (exact) mass is 325 g/mol. The molecule has 0 aliphatic rings. The van der Waals surface area contributed by atoms with E-state index in [1.165, 1.54) is 16.8 Å². The molecule has 0 aliphatic carbocycles. The van der Waals surface area contributed by atoms with Gasteiger partial charge in [-0.15, -0.1) is 0 Å². The summed E-state index contributed by atoms with van der Waals surface area (Å²) in [4.78, 5) is 0. The van der Waals surface area contributed by atoms with Crippen LogP contribution in [0.25, 0.3) is 0 Å². The van der Waals surface area contributed by atoms with Crippen LogP contribution in [0.3, 0.4) is 0 Å². The minimum absolute atomic E-state index is 0.223. The van der Waals surface area contributed by atoms with E-state index in [1.54, 1.807) is 0 Å². The van der Waals surface area contributed by atoms with Crippen LogP contribution in [0, 0.1) is 0 Å². The maximum Gasteiger partial charge on any atom is 0.119 e. The molecule has 2 aromatic rings. The van der Waals surface area contributed by atoms with Crippen molar-refractivity contribution in [3.63, 3.8) is 0 Å². The van der Waals surface area contributed by atoms with Gasteiger partial charge in [0.2, 0.25) is 0 Å². The van der Waals surface area contributed by atoms with Gasteiger partial charge >= 0.3 is 0 Å². The molecule has 0 amide bonds. The SMILES string of the molecule is CCC(C)(C)c1ccc(OCCNc2ccccc2C(C)C)cc1. The van der Waals surface area contributed by atoms with Gasteiger partial charge in [-0.1, -0.05) is 65.0 Å². The Morgan fingerprint density at radius 3 is 2.29 bits per heavy atom. The van der Waals surface area contributed by atoms with Gasteiger partial charge in [-0.25, -0.2) is 0 Å². The first-order valence-electron chi connectivity index (χ1n) is 9.00. The van der Waals surface area contributed by atoms with Crippen molar-refractivity contribution in [3.8, 4) is 5.75 Å². The van der Waals surface area contributed by atoms with E-state index in [0.717, 1.165) is 18.7 Å². The molecule has 2 nitrogen and oxygen atoms in total. The van der Waals surface area contributed by atoms with Gasteiger partial charge in [-0.05, 0) is 47.1 Å². The smallest absolute Gasteiger partial charge is 0.119 e. The summed E-state index contributed by atoms with van der Waals surface area (Å²) in [7, 11) is 0. The fraction of sp³-hybridized carbons (Fsp3) is 0.455. The molecule has 0 heterocycles. The van der Waals surface area contributed by atoms with Crippen LogP contribution in [0.5, 0.6) is 5.75 Å². The van der Waals surface area contributed by atoms with E-state index in [4.69, 9.17) is 4.74 Å². The van der Waals surface area contributed by atoms with Crippen LogP contribution in [0.15, 0.2) is 48.5 Å². The lowest BCUT2D eigenvalue weighted by Crippen LogP contribution is -2.15. The minimum Gasteiger partial charge on any atom is -0.492 e. The van der Waals surface area contributed by atoms with Crippen molar-refractivity contribution in [1.29, 1.82) is 0 Å². The third-order valence-electron chi connectivity index (χ3n) is 4.79. The predicted molar refractivity (Wildman–Crippen MR) is 104 cm³/mol. The Morgan fingerprint density at radius 1 is 1.00 bits per heavy atom. The summed E-state index contributed by atoms with van der Waals surface area (Å²) in [6.45, 7) is 12.7. The van der Waals surface area contributed by atoms with Gasteiger partial charge in [-0.3, -0.25) is 0 Å². The third-order valence-corrected chi connectivity index (χ3v) is 4.79. The number of anilines is 1. The van der Waals surface area contributed by atoms with Crippen LogP contribution in [-0.2, 0) is 5.41 Å². The average molecular weight is 325 g/mol. The Morgan fingerprint density at radius 2 is 1.67 bits per heavy atom. The van der Waals surface area contributed by atoms with Crippen molar-refractivity contribution in [2.45, 2.75) is 52.4 Å². The maximum atomic E-state index is 5.87. The summed E-state index contributed by atoms with van der Waals surface area (Å²) in [5, 5.41) is 3.48. The molecule has 0 spiro atoms. The molecule has 0 aromatic heterocycles. The summed E-state index contributed by atoms with van der Waals surface area (Å²) in [5.74, 6) is 1.45.